The van der Waals surface area contributed by atoms with Gasteiger partial charge in [0.15, 0.2) is 0 Å². The topological polar surface area (TPSA) is 78.2 Å². The van der Waals surface area contributed by atoms with Crippen LogP contribution in [0, 0.1) is 23.7 Å². The average Bonchev–Trinajstić information content (AvgIpc) is 2.89. The van der Waals surface area contributed by atoms with Gasteiger partial charge >= 0.3 is 0 Å². The number of nitrogens with zero attached hydrogens (tertiary/aromatic N) is 3. The molecule has 2 atom stereocenters. The molecule has 2 aliphatic rings. The first-order chi connectivity index (χ1) is 17.6. The van der Waals surface area contributed by atoms with Gasteiger partial charge in [0.1, 0.15) is 5.69 Å². The van der Waals surface area contributed by atoms with Crippen LogP contribution in [0.2, 0.25) is 0 Å². The number of benzene rings is 2. The maximum atomic E-state index is 13.7. The minimum Gasteiger partial charge on any atom is -0.377 e. The summed E-state index contributed by atoms with van der Waals surface area (Å²) in [6.45, 7) is 6.61. The van der Waals surface area contributed by atoms with E-state index in [0.29, 0.717) is 25.3 Å². The summed E-state index contributed by atoms with van der Waals surface area (Å²) in [6, 6.07) is 16.9. The van der Waals surface area contributed by atoms with Gasteiger partial charge in [0, 0.05) is 36.6 Å². The largest absolute Gasteiger partial charge is 0.377 e. The number of amides is 1. The van der Waals surface area contributed by atoms with Gasteiger partial charge in [0.2, 0.25) is 0 Å². The van der Waals surface area contributed by atoms with Crippen LogP contribution in [0.25, 0.3) is 11.1 Å². The molecule has 1 saturated heterocycles. The number of carbonyl (C=O) groups excluding carboxylic acids is 1. The Hall–Kier alpha value is -3.83. The van der Waals surface area contributed by atoms with E-state index in [9.17, 15) is 18.8 Å². The zero-order valence-corrected chi connectivity index (χ0v) is 21.0. The Morgan fingerprint density at radius 2 is 2.05 bits per heavy atom. The summed E-state index contributed by atoms with van der Waals surface area (Å²) in [5.41, 5.74) is 4.92. The number of rotatable bonds is 4. The van der Waals surface area contributed by atoms with E-state index in [1.807, 2.05) is 32.0 Å². The highest BCUT2D eigenvalue weighted by Gasteiger charge is 2.45. The van der Waals surface area contributed by atoms with Gasteiger partial charge in [0.05, 0.1) is 30.7 Å². The molecule has 3 heterocycles. The number of pyridine rings is 1. The minimum absolute atomic E-state index is 0.0125. The van der Waals surface area contributed by atoms with Crippen molar-refractivity contribution in [2.24, 2.45) is 5.41 Å². The smallest absolute Gasteiger partial charge is 0.286 e. The predicted molar refractivity (Wildman–Crippen MR) is 138 cm³/mol. The van der Waals surface area contributed by atoms with E-state index in [1.165, 1.54) is 12.3 Å². The molecule has 1 amide bonds. The highest BCUT2D eigenvalue weighted by Crippen LogP contribution is 2.44. The van der Waals surface area contributed by atoms with Gasteiger partial charge in [-0.15, -0.1) is 0 Å². The van der Waals surface area contributed by atoms with Crippen LogP contribution < -0.4 is 10.2 Å². The first-order valence-electron chi connectivity index (χ1n) is 12.2. The second-order valence-electron chi connectivity index (χ2n) is 10.1. The van der Waals surface area contributed by atoms with Crippen LogP contribution in [0.4, 0.5) is 20.2 Å². The standard InChI is InChI=1S/C29H28F2N4O2/c1-18-4-7-22(34-27(36)20-8-9-33-25(13-20)29(3,30)31)14-23(18)19-5-6-21-15-28(2,17-32)26-16-37-11-10-35(26)24(21)12-19/h4-9,12-14,26H,10-11,15-16H2,1-3H3,(H,34,36). The monoisotopic (exact) mass is 502 g/mol. The highest BCUT2D eigenvalue weighted by atomic mass is 19.3. The Morgan fingerprint density at radius 1 is 1.24 bits per heavy atom. The van der Waals surface area contributed by atoms with Gasteiger partial charge in [-0.3, -0.25) is 9.78 Å². The molecular weight excluding hydrogens is 474 g/mol. The summed E-state index contributed by atoms with van der Waals surface area (Å²) >= 11 is 0. The van der Waals surface area contributed by atoms with Crippen LogP contribution in [0.15, 0.2) is 54.7 Å². The van der Waals surface area contributed by atoms with Crippen molar-refractivity contribution in [3.8, 4) is 17.2 Å². The number of aromatic nitrogens is 1. The van der Waals surface area contributed by atoms with Gasteiger partial charge in [0.25, 0.3) is 11.8 Å². The van der Waals surface area contributed by atoms with Crippen LogP contribution in [0.3, 0.4) is 0 Å². The first-order valence-corrected chi connectivity index (χ1v) is 12.2. The number of morpholine rings is 1. The van der Waals surface area contributed by atoms with E-state index in [4.69, 9.17) is 4.74 Å². The number of hydrogen-bond donors (Lipinski definition) is 1. The summed E-state index contributed by atoms with van der Waals surface area (Å²) in [7, 11) is 0. The second-order valence-corrected chi connectivity index (χ2v) is 10.1. The van der Waals surface area contributed by atoms with E-state index in [2.05, 4.69) is 33.4 Å². The summed E-state index contributed by atoms with van der Waals surface area (Å²) in [6.07, 6.45) is 1.87. The number of nitrogens with one attached hydrogen (secondary N) is 1. The molecule has 1 N–H and O–H groups in total. The average molecular weight is 503 g/mol. The number of fused-ring (bicyclic) bond motifs is 3. The molecule has 190 valence electrons. The number of halogens is 2. The van der Waals surface area contributed by atoms with Crippen LogP contribution in [-0.4, -0.2) is 36.7 Å². The van der Waals surface area contributed by atoms with Gasteiger partial charge in [-0.05, 0) is 72.9 Å². The highest BCUT2D eigenvalue weighted by molar-refractivity contribution is 6.04. The Bertz CT molecular complexity index is 1410. The molecule has 6 nitrogen and oxygen atoms in total. The Kier molecular flexibility index (Phi) is 6.20. The Balaban J connectivity index is 1.45. The lowest BCUT2D eigenvalue weighted by Gasteiger charge is -2.49. The van der Waals surface area contributed by atoms with Crippen LogP contribution >= 0.6 is 0 Å². The van der Waals surface area contributed by atoms with E-state index >= 15 is 0 Å². The maximum absolute atomic E-state index is 13.7. The number of ether oxygens (including phenoxy) is 1. The van der Waals surface area contributed by atoms with Gasteiger partial charge in [-0.1, -0.05) is 18.2 Å². The number of nitriles is 1. The lowest BCUT2D eigenvalue weighted by Crippen LogP contribution is -2.57. The van der Waals surface area contributed by atoms with Gasteiger partial charge < -0.3 is 15.0 Å². The number of anilines is 2. The van der Waals surface area contributed by atoms with Crippen molar-refractivity contribution in [1.82, 2.24) is 4.98 Å². The van der Waals surface area contributed by atoms with E-state index < -0.39 is 22.9 Å². The molecule has 3 aromatic rings. The SMILES string of the molecule is Cc1ccc(NC(=O)c2ccnc(C(C)(F)F)c2)cc1-c1ccc2c(c1)N1CCOCC1C(C)(C#N)C2. The van der Waals surface area contributed by atoms with E-state index in [0.717, 1.165) is 47.5 Å². The molecule has 2 aliphatic heterocycles. The molecule has 0 spiro atoms. The Labute approximate surface area is 214 Å². The predicted octanol–water partition coefficient (Wildman–Crippen LogP) is 5.71. The molecule has 2 unspecified atom stereocenters. The third-order valence-electron chi connectivity index (χ3n) is 7.35. The Morgan fingerprint density at radius 3 is 2.81 bits per heavy atom. The zero-order chi connectivity index (χ0) is 26.4. The van der Waals surface area contributed by atoms with Crippen molar-refractivity contribution >= 4 is 17.3 Å². The molecule has 0 radical (unpaired) electrons. The zero-order valence-electron chi connectivity index (χ0n) is 21.0. The minimum atomic E-state index is -3.13. The third-order valence-corrected chi connectivity index (χ3v) is 7.35. The molecule has 0 bridgehead atoms. The number of carbonyl (C=O) groups is 1. The van der Waals surface area contributed by atoms with Gasteiger partial charge in [-0.2, -0.15) is 14.0 Å². The molecular formula is C29H28F2N4O2. The first kappa shape index (κ1) is 24.8. The van der Waals surface area contributed by atoms with Crippen molar-refractivity contribution in [3.05, 3.63) is 77.1 Å². The fourth-order valence-electron chi connectivity index (χ4n) is 5.22. The molecule has 8 heteroatoms. The molecule has 5 rings (SSSR count). The normalized spacial score (nSPS) is 21.0. The summed E-state index contributed by atoms with van der Waals surface area (Å²) in [4.78, 5) is 18.8. The van der Waals surface area contributed by atoms with Crippen molar-refractivity contribution in [2.45, 2.75) is 39.2 Å². The van der Waals surface area contributed by atoms with E-state index in [1.54, 1.807) is 6.07 Å². The lowest BCUT2D eigenvalue weighted by molar-refractivity contribution is 0.0127. The number of aryl methyl sites for hydroxylation is 1. The molecule has 1 fully saturated rings. The fraction of sp³-hybridized carbons (Fsp3) is 0.345. The second kappa shape index (κ2) is 9.24. The third kappa shape index (κ3) is 4.67. The van der Waals surface area contributed by atoms with Crippen LogP contribution in [0.1, 0.15) is 41.0 Å². The molecule has 2 aromatic carbocycles. The molecule has 37 heavy (non-hydrogen) atoms. The summed E-state index contributed by atoms with van der Waals surface area (Å²) < 4.78 is 33.1. The summed E-state index contributed by atoms with van der Waals surface area (Å²) in [5.74, 6) is -3.62. The maximum Gasteiger partial charge on any atom is 0.286 e. The van der Waals surface area contributed by atoms with Crippen molar-refractivity contribution < 1.29 is 18.3 Å². The lowest BCUT2D eigenvalue weighted by atomic mass is 9.73. The van der Waals surface area contributed by atoms with Crippen LogP contribution in [0.5, 0.6) is 0 Å². The molecule has 0 aliphatic carbocycles. The molecule has 1 aromatic heterocycles. The number of hydrogen-bond acceptors (Lipinski definition) is 5. The van der Waals surface area contributed by atoms with E-state index in [-0.39, 0.29) is 11.6 Å². The van der Waals surface area contributed by atoms with Crippen molar-refractivity contribution in [1.29, 1.82) is 5.26 Å². The van der Waals surface area contributed by atoms with Crippen molar-refractivity contribution in [3.63, 3.8) is 0 Å². The molecule has 0 saturated carbocycles. The fourth-order valence-corrected chi connectivity index (χ4v) is 5.22. The van der Waals surface area contributed by atoms with Crippen molar-refractivity contribution in [2.75, 3.05) is 30.0 Å². The summed E-state index contributed by atoms with van der Waals surface area (Å²) in [5, 5.41) is 12.7. The van der Waals surface area contributed by atoms with Crippen LogP contribution in [-0.2, 0) is 17.1 Å². The quantitative estimate of drug-likeness (QED) is 0.494. The van der Waals surface area contributed by atoms with Gasteiger partial charge in [-0.25, -0.2) is 0 Å². The number of alkyl halides is 2.